The Balaban J connectivity index is 2.10. The van der Waals surface area contributed by atoms with Crippen molar-refractivity contribution in [2.45, 2.75) is 6.04 Å². The van der Waals surface area contributed by atoms with Crippen molar-refractivity contribution < 1.29 is 9.50 Å². The van der Waals surface area contributed by atoms with Gasteiger partial charge in [0.25, 0.3) is 5.56 Å². The van der Waals surface area contributed by atoms with Crippen molar-refractivity contribution in [1.29, 1.82) is 0 Å². The number of pyridine rings is 1. The number of benzene rings is 1. The van der Waals surface area contributed by atoms with Gasteiger partial charge in [-0.3, -0.25) is 4.79 Å². The first-order valence-electron chi connectivity index (χ1n) is 7.17. The Bertz CT molecular complexity index is 868. The number of hydrogen-bond donors (Lipinski definition) is 1. The topological polar surface area (TPSA) is 60.1 Å². The van der Waals surface area contributed by atoms with Gasteiger partial charge >= 0.3 is 0 Å². The summed E-state index contributed by atoms with van der Waals surface area (Å²) in [7, 11) is 1.67. The van der Waals surface area contributed by atoms with Crippen LogP contribution in [-0.2, 0) is 7.05 Å². The summed E-state index contributed by atoms with van der Waals surface area (Å²) in [5.74, 6) is 0.128. The maximum Gasteiger partial charge on any atom is 0.261 e. The predicted molar refractivity (Wildman–Crippen MR) is 84.5 cm³/mol. The van der Waals surface area contributed by atoms with Crippen LogP contribution in [0.15, 0.2) is 59.8 Å². The summed E-state index contributed by atoms with van der Waals surface area (Å²) >= 11 is 0. The van der Waals surface area contributed by atoms with E-state index in [-0.39, 0.29) is 18.0 Å². The normalized spacial score (nSPS) is 12.3. The fourth-order valence-electron chi connectivity index (χ4n) is 2.58. The molecule has 0 saturated heterocycles. The van der Waals surface area contributed by atoms with Gasteiger partial charge in [-0.1, -0.05) is 12.1 Å². The molecule has 1 atom stereocenters. The molecule has 0 saturated carbocycles. The molecule has 3 rings (SSSR count). The summed E-state index contributed by atoms with van der Waals surface area (Å²) in [5, 5.41) is 9.79. The molecular weight excluding hydrogens is 297 g/mol. The molecule has 2 aromatic heterocycles. The molecule has 2 heterocycles. The molecule has 0 bridgehead atoms. The smallest absolute Gasteiger partial charge is 0.261 e. The van der Waals surface area contributed by atoms with Crippen molar-refractivity contribution in [3.63, 3.8) is 0 Å². The molecule has 118 valence electrons. The highest BCUT2D eigenvalue weighted by Gasteiger charge is 2.19. The van der Waals surface area contributed by atoms with Crippen molar-refractivity contribution in [3.05, 3.63) is 76.7 Å². The highest BCUT2D eigenvalue weighted by molar-refractivity contribution is 5.54. The second kappa shape index (κ2) is 6.18. The lowest BCUT2D eigenvalue weighted by molar-refractivity contribution is 0.250. The molecule has 1 aromatic carbocycles. The van der Waals surface area contributed by atoms with E-state index >= 15 is 0 Å². The van der Waals surface area contributed by atoms with Crippen molar-refractivity contribution >= 4 is 0 Å². The van der Waals surface area contributed by atoms with Crippen LogP contribution in [0, 0.1) is 5.82 Å². The van der Waals surface area contributed by atoms with E-state index in [9.17, 15) is 14.3 Å². The van der Waals surface area contributed by atoms with Gasteiger partial charge in [0.15, 0.2) is 0 Å². The van der Waals surface area contributed by atoms with Gasteiger partial charge in [-0.2, -0.15) is 0 Å². The van der Waals surface area contributed by atoms with Gasteiger partial charge in [0, 0.05) is 25.6 Å². The van der Waals surface area contributed by atoms with Crippen LogP contribution < -0.4 is 5.56 Å². The Morgan fingerprint density at radius 1 is 1.22 bits per heavy atom. The molecule has 0 fully saturated rings. The molecule has 1 unspecified atom stereocenters. The number of aliphatic hydroxyl groups excluding tert-OH is 1. The number of hydrogen-bond acceptors (Lipinski definition) is 3. The summed E-state index contributed by atoms with van der Waals surface area (Å²) < 4.78 is 16.3. The summed E-state index contributed by atoms with van der Waals surface area (Å²) in [6.07, 6.45) is 4.95. The molecule has 5 nitrogen and oxygen atoms in total. The van der Waals surface area contributed by atoms with Crippen LogP contribution in [0.25, 0.3) is 11.4 Å². The largest absolute Gasteiger partial charge is 0.394 e. The second-order valence-corrected chi connectivity index (χ2v) is 5.25. The molecular formula is C17H16FN3O2. The van der Waals surface area contributed by atoms with Gasteiger partial charge in [0.1, 0.15) is 11.6 Å². The Kier molecular flexibility index (Phi) is 4.08. The third kappa shape index (κ3) is 2.80. The molecule has 0 aliphatic carbocycles. The fourth-order valence-corrected chi connectivity index (χ4v) is 2.58. The van der Waals surface area contributed by atoms with E-state index in [0.717, 1.165) is 5.56 Å². The third-order valence-corrected chi connectivity index (χ3v) is 3.80. The summed E-state index contributed by atoms with van der Waals surface area (Å²) in [6, 6.07) is 8.93. The van der Waals surface area contributed by atoms with E-state index in [1.54, 1.807) is 54.5 Å². The van der Waals surface area contributed by atoms with Gasteiger partial charge in [0.2, 0.25) is 0 Å². The minimum absolute atomic E-state index is 0.171. The van der Waals surface area contributed by atoms with Crippen LogP contribution in [0.2, 0.25) is 0 Å². The minimum atomic E-state index is -0.446. The number of aliphatic hydroxyl groups is 1. The zero-order valence-corrected chi connectivity index (χ0v) is 12.6. The van der Waals surface area contributed by atoms with Gasteiger partial charge in [-0.15, -0.1) is 0 Å². The lowest BCUT2D eigenvalue weighted by atomic mass is 10.1. The van der Waals surface area contributed by atoms with Crippen molar-refractivity contribution in [3.8, 4) is 11.4 Å². The molecule has 6 heteroatoms. The zero-order chi connectivity index (χ0) is 16.4. The Labute approximate surface area is 132 Å². The standard InChI is InChI=1S/C17H16FN3O2/c1-20-9-2-3-14(17(20)23)16-19-8-10-21(16)15(11-22)12-4-6-13(18)7-5-12/h2-10,15,22H,11H2,1H3. The maximum atomic E-state index is 13.1. The van der Waals surface area contributed by atoms with E-state index in [4.69, 9.17) is 0 Å². The van der Waals surface area contributed by atoms with Crippen molar-refractivity contribution in [2.24, 2.45) is 7.05 Å². The molecule has 23 heavy (non-hydrogen) atoms. The first-order valence-corrected chi connectivity index (χ1v) is 7.17. The van der Waals surface area contributed by atoms with Gasteiger partial charge in [-0.25, -0.2) is 9.37 Å². The number of rotatable bonds is 4. The summed E-state index contributed by atoms with van der Waals surface area (Å²) in [4.78, 5) is 16.6. The summed E-state index contributed by atoms with van der Waals surface area (Å²) in [6.45, 7) is -0.192. The highest BCUT2D eigenvalue weighted by atomic mass is 19.1. The third-order valence-electron chi connectivity index (χ3n) is 3.80. The van der Waals surface area contributed by atoms with Crippen LogP contribution >= 0.6 is 0 Å². The van der Waals surface area contributed by atoms with Crippen LogP contribution in [-0.4, -0.2) is 25.8 Å². The van der Waals surface area contributed by atoms with E-state index < -0.39 is 6.04 Å². The van der Waals surface area contributed by atoms with Crippen molar-refractivity contribution in [2.75, 3.05) is 6.61 Å². The molecule has 0 aliphatic heterocycles. The van der Waals surface area contributed by atoms with Crippen LogP contribution in [0.5, 0.6) is 0 Å². The number of aromatic nitrogens is 3. The lowest BCUT2D eigenvalue weighted by Crippen LogP contribution is -2.21. The molecule has 0 aliphatic rings. The SMILES string of the molecule is Cn1cccc(-c2nccn2C(CO)c2ccc(F)cc2)c1=O. The molecule has 3 aromatic rings. The monoisotopic (exact) mass is 313 g/mol. The average Bonchev–Trinajstić information content (AvgIpc) is 3.02. The lowest BCUT2D eigenvalue weighted by Gasteiger charge is -2.19. The number of nitrogens with zero attached hydrogens (tertiary/aromatic N) is 3. The second-order valence-electron chi connectivity index (χ2n) is 5.25. The Morgan fingerprint density at radius 3 is 2.65 bits per heavy atom. The Hall–Kier alpha value is -2.73. The van der Waals surface area contributed by atoms with Crippen LogP contribution in [0.4, 0.5) is 4.39 Å². The van der Waals surface area contributed by atoms with E-state index in [1.807, 2.05) is 0 Å². The number of aryl methyl sites for hydroxylation is 1. The first kappa shape index (κ1) is 15.2. The molecule has 1 N–H and O–H groups in total. The average molecular weight is 313 g/mol. The van der Waals surface area contributed by atoms with Crippen LogP contribution in [0.3, 0.4) is 0 Å². The highest BCUT2D eigenvalue weighted by Crippen LogP contribution is 2.24. The predicted octanol–water partition coefficient (Wildman–Crippen LogP) is 1.97. The van der Waals surface area contributed by atoms with Crippen LogP contribution in [0.1, 0.15) is 11.6 Å². The molecule has 0 amide bonds. The first-order chi connectivity index (χ1) is 11.1. The van der Waals surface area contributed by atoms with E-state index in [1.165, 1.54) is 16.7 Å². The fraction of sp³-hybridized carbons (Fsp3) is 0.176. The Morgan fingerprint density at radius 2 is 1.96 bits per heavy atom. The van der Waals surface area contributed by atoms with E-state index in [2.05, 4.69) is 4.98 Å². The zero-order valence-electron chi connectivity index (χ0n) is 12.6. The quantitative estimate of drug-likeness (QED) is 0.801. The van der Waals surface area contributed by atoms with E-state index in [0.29, 0.717) is 11.4 Å². The number of imidazole rings is 1. The van der Waals surface area contributed by atoms with Gasteiger partial charge < -0.3 is 14.2 Å². The van der Waals surface area contributed by atoms with Gasteiger partial charge in [-0.05, 0) is 29.8 Å². The van der Waals surface area contributed by atoms with Gasteiger partial charge in [0.05, 0.1) is 18.2 Å². The molecule has 0 spiro atoms. The number of halogens is 1. The molecule has 0 radical (unpaired) electrons. The maximum absolute atomic E-state index is 13.1. The minimum Gasteiger partial charge on any atom is -0.394 e. The van der Waals surface area contributed by atoms with Crippen molar-refractivity contribution in [1.82, 2.24) is 14.1 Å². The summed E-state index contributed by atoms with van der Waals surface area (Å²) in [5.41, 5.74) is 1.01.